The van der Waals surface area contributed by atoms with E-state index in [1.807, 2.05) is 4.57 Å². The van der Waals surface area contributed by atoms with Gasteiger partial charge in [0.15, 0.2) is 17.3 Å². The number of hydrogen-bond donors (Lipinski definition) is 1. The molecule has 9 heteroatoms. The molecule has 1 aromatic heterocycles. The number of carbonyl (C=O) groups is 1. The van der Waals surface area contributed by atoms with Crippen molar-refractivity contribution in [1.82, 2.24) is 14.8 Å². The summed E-state index contributed by atoms with van der Waals surface area (Å²) in [6.45, 7) is 0.759. The Balaban J connectivity index is 1.55. The van der Waals surface area contributed by atoms with Crippen LogP contribution < -0.4 is 19.5 Å². The molecule has 1 aliphatic heterocycles. The standard InChI is InChI=1S/C24H27FN4O4/c1-31-19-11-15(12-20(32-2)23(19)33-3)13-22(30)26-16-8-9-18(25)17(14-16)24-28-27-21-7-5-4-6-10-29(21)24/h8-9,11-12,14H,4-7,10,13H2,1-3H3,(H,26,30). The highest BCUT2D eigenvalue weighted by Crippen LogP contribution is 2.38. The van der Waals surface area contributed by atoms with Gasteiger partial charge in [0, 0.05) is 18.7 Å². The SMILES string of the molecule is COc1cc(CC(=O)Nc2ccc(F)c(-c3nnc4n3CCCCC4)c2)cc(OC)c1OC. The minimum atomic E-state index is -0.405. The van der Waals surface area contributed by atoms with Crippen LogP contribution in [0.2, 0.25) is 0 Å². The van der Waals surface area contributed by atoms with Crippen LogP contribution in [-0.4, -0.2) is 42.0 Å². The summed E-state index contributed by atoms with van der Waals surface area (Å²) in [6.07, 6.45) is 4.08. The van der Waals surface area contributed by atoms with Crippen molar-refractivity contribution in [3.63, 3.8) is 0 Å². The molecule has 3 aromatic rings. The van der Waals surface area contributed by atoms with Crippen LogP contribution in [-0.2, 0) is 24.2 Å². The average molecular weight is 455 g/mol. The number of fused-ring (bicyclic) bond motifs is 1. The number of ether oxygens (including phenoxy) is 3. The molecule has 0 fully saturated rings. The van der Waals surface area contributed by atoms with Gasteiger partial charge in [0.2, 0.25) is 11.7 Å². The minimum absolute atomic E-state index is 0.0732. The molecule has 1 aliphatic rings. The summed E-state index contributed by atoms with van der Waals surface area (Å²) < 4.78 is 32.7. The fourth-order valence-electron chi connectivity index (χ4n) is 4.09. The van der Waals surface area contributed by atoms with Gasteiger partial charge in [-0.25, -0.2) is 4.39 Å². The molecule has 0 saturated heterocycles. The number of amides is 1. The number of nitrogens with zero attached hydrogens (tertiary/aromatic N) is 3. The highest BCUT2D eigenvalue weighted by Gasteiger charge is 2.20. The lowest BCUT2D eigenvalue weighted by molar-refractivity contribution is -0.115. The second kappa shape index (κ2) is 9.89. The molecule has 1 N–H and O–H groups in total. The Labute approximate surface area is 191 Å². The van der Waals surface area contributed by atoms with Crippen molar-refractivity contribution in [2.45, 2.75) is 38.6 Å². The number of anilines is 1. The average Bonchev–Trinajstić information content (AvgIpc) is 3.06. The van der Waals surface area contributed by atoms with Crippen molar-refractivity contribution in [2.75, 3.05) is 26.6 Å². The summed E-state index contributed by atoms with van der Waals surface area (Å²) in [7, 11) is 4.56. The van der Waals surface area contributed by atoms with Crippen molar-refractivity contribution in [1.29, 1.82) is 0 Å². The number of halogens is 1. The van der Waals surface area contributed by atoms with Gasteiger partial charge in [-0.15, -0.1) is 10.2 Å². The van der Waals surface area contributed by atoms with Crippen LogP contribution in [0, 0.1) is 5.82 Å². The zero-order chi connectivity index (χ0) is 23.4. The summed E-state index contributed by atoms with van der Waals surface area (Å²) in [6, 6.07) is 7.92. The predicted molar refractivity (Wildman–Crippen MR) is 121 cm³/mol. The molecular formula is C24H27FN4O4. The summed E-state index contributed by atoms with van der Waals surface area (Å²) in [5.74, 6) is 2.09. The van der Waals surface area contributed by atoms with Crippen molar-refractivity contribution in [2.24, 2.45) is 0 Å². The predicted octanol–water partition coefficient (Wildman–Crippen LogP) is 4.02. The van der Waals surface area contributed by atoms with E-state index in [1.165, 1.54) is 33.5 Å². The van der Waals surface area contributed by atoms with Crippen LogP contribution in [0.25, 0.3) is 11.4 Å². The van der Waals surface area contributed by atoms with Gasteiger partial charge < -0.3 is 24.1 Å². The third-order valence-electron chi connectivity index (χ3n) is 5.69. The summed E-state index contributed by atoms with van der Waals surface area (Å²) in [5.41, 5.74) is 1.49. The quantitative estimate of drug-likeness (QED) is 0.580. The maximum atomic E-state index is 14.7. The van der Waals surface area contributed by atoms with Gasteiger partial charge in [-0.05, 0) is 48.7 Å². The number of hydrogen-bond acceptors (Lipinski definition) is 6. The molecule has 174 valence electrons. The monoisotopic (exact) mass is 454 g/mol. The van der Waals surface area contributed by atoms with Gasteiger partial charge in [0.25, 0.3) is 0 Å². The minimum Gasteiger partial charge on any atom is -0.493 e. The molecule has 4 rings (SSSR count). The van der Waals surface area contributed by atoms with Crippen molar-refractivity contribution in [3.05, 3.63) is 47.5 Å². The first kappa shape index (κ1) is 22.6. The van der Waals surface area contributed by atoms with Crippen LogP contribution in [0.5, 0.6) is 17.2 Å². The molecule has 1 amide bonds. The number of carbonyl (C=O) groups excluding carboxylic acids is 1. The Morgan fingerprint density at radius 2 is 1.79 bits per heavy atom. The van der Waals surface area contributed by atoms with Crippen LogP contribution >= 0.6 is 0 Å². The molecule has 0 bridgehead atoms. The smallest absolute Gasteiger partial charge is 0.228 e. The van der Waals surface area contributed by atoms with E-state index in [0.717, 1.165) is 38.1 Å². The Kier molecular flexibility index (Phi) is 6.76. The second-order valence-corrected chi connectivity index (χ2v) is 7.86. The lowest BCUT2D eigenvalue weighted by Crippen LogP contribution is -2.15. The maximum Gasteiger partial charge on any atom is 0.228 e. The van der Waals surface area contributed by atoms with E-state index in [4.69, 9.17) is 14.2 Å². The lowest BCUT2D eigenvalue weighted by atomic mass is 10.1. The molecule has 8 nitrogen and oxygen atoms in total. The van der Waals surface area contributed by atoms with Crippen LogP contribution in [0.3, 0.4) is 0 Å². The fourth-order valence-corrected chi connectivity index (χ4v) is 4.09. The van der Waals surface area contributed by atoms with E-state index >= 15 is 0 Å². The molecule has 0 aliphatic carbocycles. The van der Waals surface area contributed by atoms with Crippen molar-refractivity contribution >= 4 is 11.6 Å². The molecule has 33 heavy (non-hydrogen) atoms. The fraction of sp³-hybridized carbons (Fsp3) is 0.375. The first-order chi connectivity index (χ1) is 16.0. The molecular weight excluding hydrogens is 427 g/mol. The van der Waals surface area contributed by atoms with E-state index < -0.39 is 5.82 Å². The zero-order valence-corrected chi connectivity index (χ0v) is 19.0. The normalized spacial score (nSPS) is 13.1. The molecule has 0 atom stereocenters. The topological polar surface area (TPSA) is 87.5 Å². The number of nitrogens with one attached hydrogen (secondary N) is 1. The highest BCUT2D eigenvalue weighted by molar-refractivity contribution is 5.93. The van der Waals surface area contributed by atoms with Crippen LogP contribution in [0.15, 0.2) is 30.3 Å². The van der Waals surface area contributed by atoms with Gasteiger partial charge in [-0.1, -0.05) is 6.42 Å². The lowest BCUT2D eigenvalue weighted by Gasteiger charge is -2.14. The number of aryl methyl sites for hydroxylation is 1. The van der Waals surface area contributed by atoms with Crippen LogP contribution in [0.4, 0.5) is 10.1 Å². The number of benzene rings is 2. The molecule has 0 unspecified atom stereocenters. The third-order valence-corrected chi connectivity index (χ3v) is 5.69. The number of rotatable bonds is 7. The Hall–Kier alpha value is -3.62. The van der Waals surface area contributed by atoms with E-state index in [0.29, 0.717) is 39.9 Å². The van der Waals surface area contributed by atoms with Gasteiger partial charge >= 0.3 is 0 Å². The highest BCUT2D eigenvalue weighted by atomic mass is 19.1. The van der Waals surface area contributed by atoms with E-state index in [-0.39, 0.29) is 12.3 Å². The summed E-state index contributed by atoms with van der Waals surface area (Å²) in [4.78, 5) is 12.7. The molecule has 2 aromatic carbocycles. The van der Waals surface area contributed by atoms with E-state index in [1.54, 1.807) is 18.2 Å². The summed E-state index contributed by atoms with van der Waals surface area (Å²) in [5, 5.41) is 11.3. The van der Waals surface area contributed by atoms with Crippen LogP contribution in [0.1, 0.15) is 30.7 Å². The Morgan fingerprint density at radius 1 is 1.03 bits per heavy atom. The molecule has 0 spiro atoms. The van der Waals surface area contributed by atoms with E-state index in [2.05, 4.69) is 15.5 Å². The van der Waals surface area contributed by atoms with Crippen molar-refractivity contribution in [3.8, 4) is 28.6 Å². The Morgan fingerprint density at radius 3 is 2.48 bits per heavy atom. The zero-order valence-electron chi connectivity index (χ0n) is 19.0. The summed E-state index contributed by atoms with van der Waals surface area (Å²) >= 11 is 0. The van der Waals surface area contributed by atoms with Crippen molar-refractivity contribution < 1.29 is 23.4 Å². The molecule has 2 heterocycles. The van der Waals surface area contributed by atoms with E-state index in [9.17, 15) is 9.18 Å². The Bertz CT molecular complexity index is 1140. The largest absolute Gasteiger partial charge is 0.493 e. The molecule has 0 radical (unpaired) electrons. The maximum absolute atomic E-state index is 14.7. The molecule has 0 saturated carbocycles. The van der Waals surface area contributed by atoms with Gasteiger partial charge in [0.1, 0.15) is 11.6 Å². The number of methoxy groups -OCH3 is 3. The number of aromatic nitrogens is 3. The van der Waals surface area contributed by atoms with Gasteiger partial charge in [0.05, 0.1) is 33.3 Å². The van der Waals surface area contributed by atoms with Gasteiger partial charge in [-0.3, -0.25) is 4.79 Å². The first-order valence-corrected chi connectivity index (χ1v) is 10.8. The second-order valence-electron chi connectivity index (χ2n) is 7.86. The van der Waals surface area contributed by atoms with Gasteiger partial charge in [-0.2, -0.15) is 0 Å². The first-order valence-electron chi connectivity index (χ1n) is 10.8. The third kappa shape index (κ3) is 4.76.